The highest BCUT2D eigenvalue weighted by Gasteiger charge is 2.11. The Morgan fingerprint density at radius 2 is 1.89 bits per heavy atom. The third-order valence-electron chi connectivity index (χ3n) is 2.41. The van der Waals surface area contributed by atoms with Crippen LogP contribution in [-0.4, -0.2) is 19.9 Å². The number of aromatic nitrogens is 4. The first kappa shape index (κ1) is 11.7. The van der Waals surface area contributed by atoms with Crippen molar-refractivity contribution in [2.24, 2.45) is 0 Å². The van der Waals surface area contributed by atoms with Gasteiger partial charge in [0.15, 0.2) is 5.65 Å². The van der Waals surface area contributed by atoms with Crippen LogP contribution in [0, 0.1) is 0 Å². The zero-order valence-electron chi connectivity index (χ0n) is 8.78. The fraction of sp³-hybridized carbons (Fsp3) is 0. The van der Waals surface area contributed by atoms with Crippen molar-refractivity contribution in [2.75, 3.05) is 0 Å². The molecule has 0 aliphatic carbocycles. The third kappa shape index (κ3) is 1.92. The van der Waals surface area contributed by atoms with E-state index in [1.807, 2.05) is 0 Å². The van der Waals surface area contributed by atoms with Gasteiger partial charge < -0.3 is 4.98 Å². The van der Waals surface area contributed by atoms with Crippen LogP contribution in [0.1, 0.15) is 0 Å². The van der Waals surface area contributed by atoms with E-state index >= 15 is 0 Å². The molecule has 3 heterocycles. The normalized spacial score (nSPS) is 11.1. The van der Waals surface area contributed by atoms with Crippen LogP contribution in [0.5, 0.6) is 0 Å². The van der Waals surface area contributed by atoms with Crippen molar-refractivity contribution in [1.29, 1.82) is 0 Å². The highest BCUT2D eigenvalue weighted by molar-refractivity contribution is 6.41. The average Bonchev–Trinajstić information content (AvgIpc) is 2.73. The highest BCUT2D eigenvalue weighted by atomic mass is 35.5. The first-order valence-electron chi connectivity index (χ1n) is 4.97. The van der Waals surface area contributed by atoms with Gasteiger partial charge in [-0.2, -0.15) is 0 Å². The molecule has 90 valence electrons. The lowest BCUT2D eigenvalue weighted by Crippen LogP contribution is -1.83. The molecule has 3 aromatic rings. The molecule has 0 saturated carbocycles. The molecular formula is C11H5Cl3N4. The summed E-state index contributed by atoms with van der Waals surface area (Å²) in [6.45, 7) is 0. The SMILES string of the molecule is Clc1cnccc1-c1nc2nc(Cl)c(Cl)cc2[nH]1. The Labute approximate surface area is 117 Å². The monoisotopic (exact) mass is 298 g/mol. The molecule has 0 atom stereocenters. The second-order valence-electron chi connectivity index (χ2n) is 3.57. The van der Waals surface area contributed by atoms with Gasteiger partial charge in [0.2, 0.25) is 0 Å². The van der Waals surface area contributed by atoms with Crippen LogP contribution in [0.3, 0.4) is 0 Å². The van der Waals surface area contributed by atoms with E-state index < -0.39 is 0 Å². The predicted molar refractivity (Wildman–Crippen MR) is 72.1 cm³/mol. The van der Waals surface area contributed by atoms with E-state index in [4.69, 9.17) is 34.8 Å². The maximum absolute atomic E-state index is 6.05. The lowest BCUT2D eigenvalue weighted by atomic mass is 10.2. The molecule has 0 spiro atoms. The fourth-order valence-electron chi connectivity index (χ4n) is 1.59. The predicted octanol–water partition coefficient (Wildman–Crippen LogP) is 3.98. The van der Waals surface area contributed by atoms with Gasteiger partial charge in [0, 0.05) is 18.0 Å². The summed E-state index contributed by atoms with van der Waals surface area (Å²) < 4.78 is 0. The van der Waals surface area contributed by atoms with Crippen molar-refractivity contribution in [3.05, 3.63) is 39.7 Å². The standard InChI is InChI=1S/C11H5Cl3N4/c12-6-3-8-11(17-9(6)14)18-10(16-8)5-1-2-15-4-7(5)13/h1-4H,(H,16,17,18). The smallest absolute Gasteiger partial charge is 0.179 e. The van der Waals surface area contributed by atoms with Crippen LogP contribution in [0.25, 0.3) is 22.6 Å². The van der Waals surface area contributed by atoms with E-state index in [0.29, 0.717) is 27.0 Å². The third-order valence-corrected chi connectivity index (χ3v) is 3.39. The van der Waals surface area contributed by atoms with E-state index in [9.17, 15) is 0 Å². The molecule has 0 unspecified atom stereocenters. The van der Waals surface area contributed by atoms with Gasteiger partial charge in [-0.15, -0.1) is 0 Å². The van der Waals surface area contributed by atoms with E-state index in [-0.39, 0.29) is 5.15 Å². The minimum atomic E-state index is 0.225. The number of nitrogens with one attached hydrogen (secondary N) is 1. The summed E-state index contributed by atoms with van der Waals surface area (Å²) in [7, 11) is 0. The Balaban J connectivity index is 2.23. The quantitative estimate of drug-likeness (QED) is 0.691. The first-order chi connectivity index (χ1) is 8.65. The number of pyridine rings is 2. The zero-order valence-corrected chi connectivity index (χ0v) is 11.1. The molecule has 18 heavy (non-hydrogen) atoms. The number of nitrogens with zero attached hydrogens (tertiary/aromatic N) is 3. The first-order valence-corrected chi connectivity index (χ1v) is 6.10. The molecule has 0 bridgehead atoms. The van der Waals surface area contributed by atoms with E-state index in [0.717, 1.165) is 5.56 Å². The lowest BCUT2D eigenvalue weighted by molar-refractivity contribution is 1.27. The number of H-pyrrole nitrogens is 1. The summed E-state index contributed by atoms with van der Waals surface area (Å²) in [6, 6.07) is 3.45. The lowest BCUT2D eigenvalue weighted by Gasteiger charge is -1.97. The van der Waals surface area contributed by atoms with E-state index in [1.54, 1.807) is 24.5 Å². The maximum atomic E-state index is 6.05. The van der Waals surface area contributed by atoms with Gasteiger partial charge in [-0.25, -0.2) is 9.97 Å². The number of imidazole rings is 1. The summed E-state index contributed by atoms with van der Waals surface area (Å²) >= 11 is 17.8. The molecule has 0 fully saturated rings. The van der Waals surface area contributed by atoms with Crippen LogP contribution in [-0.2, 0) is 0 Å². The van der Waals surface area contributed by atoms with Crippen LogP contribution >= 0.6 is 34.8 Å². The molecule has 0 amide bonds. The van der Waals surface area contributed by atoms with Gasteiger partial charge in [0.1, 0.15) is 11.0 Å². The van der Waals surface area contributed by atoms with E-state index in [1.165, 1.54) is 0 Å². The highest BCUT2D eigenvalue weighted by Crippen LogP contribution is 2.28. The van der Waals surface area contributed by atoms with Crippen molar-refractivity contribution in [3.63, 3.8) is 0 Å². The zero-order chi connectivity index (χ0) is 12.7. The summed E-state index contributed by atoms with van der Waals surface area (Å²) in [5, 5.41) is 1.11. The molecule has 0 aromatic carbocycles. The molecule has 1 N–H and O–H groups in total. The summed E-state index contributed by atoms with van der Waals surface area (Å²) in [6.07, 6.45) is 3.19. The Morgan fingerprint density at radius 3 is 2.67 bits per heavy atom. The number of hydrogen-bond donors (Lipinski definition) is 1. The van der Waals surface area contributed by atoms with E-state index in [2.05, 4.69) is 19.9 Å². The molecule has 7 heteroatoms. The molecule has 0 aliphatic heterocycles. The van der Waals surface area contributed by atoms with Crippen LogP contribution in [0.2, 0.25) is 15.2 Å². The van der Waals surface area contributed by atoms with Crippen LogP contribution in [0.4, 0.5) is 0 Å². The fourth-order valence-corrected chi connectivity index (χ4v) is 2.09. The second-order valence-corrected chi connectivity index (χ2v) is 4.75. The average molecular weight is 300 g/mol. The van der Waals surface area contributed by atoms with Gasteiger partial charge in [-0.3, -0.25) is 4.98 Å². The van der Waals surface area contributed by atoms with Crippen molar-refractivity contribution < 1.29 is 0 Å². The Kier molecular flexibility index (Phi) is 2.86. The second kappa shape index (κ2) is 4.39. The molecule has 0 saturated heterocycles. The van der Waals surface area contributed by atoms with Gasteiger partial charge in [0.05, 0.1) is 15.6 Å². The molecule has 0 aliphatic rings. The topological polar surface area (TPSA) is 54.5 Å². The van der Waals surface area contributed by atoms with Crippen LogP contribution in [0.15, 0.2) is 24.5 Å². The van der Waals surface area contributed by atoms with Gasteiger partial charge in [0.25, 0.3) is 0 Å². The summed E-state index contributed by atoms with van der Waals surface area (Å²) in [4.78, 5) is 15.4. The molecule has 3 aromatic heterocycles. The number of hydrogen-bond acceptors (Lipinski definition) is 3. The number of fused-ring (bicyclic) bond motifs is 1. The molecular weight excluding hydrogens is 295 g/mol. The van der Waals surface area contributed by atoms with Gasteiger partial charge in [-0.05, 0) is 12.1 Å². The number of halogens is 3. The van der Waals surface area contributed by atoms with Gasteiger partial charge >= 0.3 is 0 Å². The maximum Gasteiger partial charge on any atom is 0.179 e. The van der Waals surface area contributed by atoms with Crippen molar-refractivity contribution in [3.8, 4) is 11.4 Å². The largest absolute Gasteiger partial charge is 0.336 e. The molecule has 0 radical (unpaired) electrons. The van der Waals surface area contributed by atoms with Gasteiger partial charge in [-0.1, -0.05) is 34.8 Å². The Morgan fingerprint density at radius 1 is 1.06 bits per heavy atom. The summed E-state index contributed by atoms with van der Waals surface area (Å²) in [5.41, 5.74) is 1.94. The molecule has 3 rings (SSSR count). The van der Waals surface area contributed by atoms with Crippen LogP contribution < -0.4 is 0 Å². The molecule has 4 nitrogen and oxygen atoms in total. The minimum Gasteiger partial charge on any atom is -0.336 e. The summed E-state index contributed by atoms with van der Waals surface area (Å²) in [5.74, 6) is 0.600. The Bertz CT molecular complexity index is 699. The Hall–Kier alpha value is -1.36. The van der Waals surface area contributed by atoms with Crippen molar-refractivity contribution in [1.82, 2.24) is 19.9 Å². The van der Waals surface area contributed by atoms with Crippen molar-refractivity contribution in [2.45, 2.75) is 0 Å². The number of aromatic amines is 1. The minimum absolute atomic E-state index is 0.225. The van der Waals surface area contributed by atoms with Crippen molar-refractivity contribution >= 4 is 46.0 Å². The number of rotatable bonds is 1.